The van der Waals surface area contributed by atoms with E-state index in [-0.39, 0.29) is 0 Å². The van der Waals surface area contributed by atoms with E-state index in [0.29, 0.717) is 5.11 Å². The molecule has 0 aliphatic heterocycles. The molecule has 0 saturated heterocycles. The maximum atomic E-state index is 5.18. The summed E-state index contributed by atoms with van der Waals surface area (Å²) in [6, 6.07) is 5.82. The summed E-state index contributed by atoms with van der Waals surface area (Å²) in [6.07, 6.45) is 1.07. The first-order valence-corrected chi connectivity index (χ1v) is 6.12. The Kier molecular flexibility index (Phi) is 5.86. The molecule has 1 aromatic heterocycles. The van der Waals surface area contributed by atoms with Gasteiger partial charge in [-0.3, -0.25) is 0 Å². The van der Waals surface area contributed by atoms with Gasteiger partial charge in [-0.2, -0.15) is 0 Å². The Bertz CT molecular complexity index is 365. The molecule has 94 valence electrons. The van der Waals surface area contributed by atoms with Crippen molar-refractivity contribution in [3.05, 3.63) is 23.9 Å². The molecule has 0 aliphatic rings. The maximum Gasteiger partial charge on any atom is 0.171 e. The van der Waals surface area contributed by atoms with Crippen LogP contribution in [0.5, 0.6) is 0 Å². The number of thiocarbonyl (C=S) groups is 1. The van der Waals surface area contributed by atoms with Crippen molar-refractivity contribution in [2.45, 2.75) is 13.3 Å². The quantitative estimate of drug-likeness (QED) is 0.616. The van der Waals surface area contributed by atoms with E-state index in [4.69, 9.17) is 12.2 Å². The van der Waals surface area contributed by atoms with E-state index < -0.39 is 0 Å². The Morgan fingerprint density at radius 2 is 2.18 bits per heavy atom. The summed E-state index contributed by atoms with van der Waals surface area (Å²) in [5.74, 6) is 0.787. The molecule has 0 amide bonds. The van der Waals surface area contributed by atoms with Crippen molar-refractivity contribution in [3.63, 3.8) is 0 Å². The molecule has 5 heteroatoms. The van der Waals surface area contributed by atoms with Gasteiger partial charge in [-0.05, 0) is 58.3 Å². The Morgan fingerprint density at radius 1 is 1.41 bits per heavy atom. The lowest BCUT2D eigenvalue weighted by atomic mass is 10.4. The third-order valence-corrected chi connectivity index (χ3v) is 2.44. The number of aromatic nitrogens is 1. The number of hydrogen-bond donors (Lipinski definition) is 2. The Morgan fingerprint density at radius 3 is 2.82 bits per heavy atom. The summed E-state index contributed by atoms with van der Waals surface area (Å²) in [4.78, 5) is 6.48. The van der Waals surface area contributed by atoms with E-state index in [1.54, 1.807) is 0 Å². The van der Waals surface area contributed by atoms with Crippen LogP contribution < -0.4 is 10.6 Å². The summed E-state index contributed by atoms with van der Waals surface area (Å²) in [5.41, 5.74) is 0.977. The molecule has 0 bridgehead atoms. The van der Waals surface area contributed by atoms with E-state index in [0.717, 1.165) is 31.0 Å². The van der Waals surface area contributed by atoms with Crippen LogP contribution in [0.4, 0.5) is 5.82 Å². The monoisotopic (exact) mass is 252 g/mol. The fourth-order valence-corrected chi connectivity index (χ4v) is 1.58. The molecule has 2 N–H and O–H groups in total. The van der Waals surface area contributed by atoms with Gasteiger partial charge in [0.25, 0.3) is 0 Å². The fourth-order valence-electron chi connectivity index (χ4n) is 1.37. The maximum absolute atomic E-state index is 5.18. The van der Waals surface area contributed by atoms with Gasteiger partial charge in [-0.1, -0.05) is 6.07 Å². The highest BCUT2D eigenvalue weighted by atomic mass is 32.1. The van der Waals surface area contributed by atoms with Crippen molar-refractivity contribution in [2.75, 3.05) is 32.5 Å². The minimum Gasteiger partial charge on any atom is -0.362 e. The van der Waals surface area contributed by atoms with Gasteiger partial charge in [0, 0.05) is 12.2 Å². The topological polar surface area (TPSA) is 40.2 Å². The molecule has 0 unspecified atom stereocenters. The van der Waals surface area contributed by atoms with Crippen molar-refractivity contribution in [1.82, 2.24) is 15.2 Å². The van der Waals surface area contributed by atoms with E-state index >= 15 is 0 Å². The summed E-state index contributed by atoms with van der Waals surface area (Å²) < 4.78 is 0. The molecular weight excluding hydrogens is 232 g/mol. The smallest absolute Gasteiger partial charge is 0.171 e. The third kappa shape index (κ3) is 6.19. The van der Waals surface area contributed by atoms with Crippen LogP contribution in [0.25, 0.3) is 0 Å². The molecule has 0 atom stereocenters. The summed E-state index contributed by atoms with van der Waals surface area (Å²) in [6.45, 7) is 3.88. The minimum atomic E-state index is 0.627. The lowest BCUT2D eigenvalue weighted by Crippen LogP contribution is -2.31. The number of nitrogens with one attached hydrogen (secondary N) is 2. The molecule has 0 aromatic carbocycles. The van der Waals surface area contributed by atoms with Crippen molar-refractivity contribution in [2.24, 2.45) is 0 Å². The molecule has 0 aliphatic carbocycles. The van der Waals surface area contributed by atoms with Gasteiger partial charge in [-0.15, -0.1) is 0 Å². The first-order chi connectivity index (χ1) is 8.08. The number of nitrogens with zero attached hydrogens (tertiary/aromatic N) is 2. The zero-order valence-corrected chi connectivity index (χ0v) is 11.5. The lowest BCUT2D eigenvalue weighted by Gasteiger charge is -2.12. The fraction of sp³-hybridized carbons (Fsp3) is 0.500. The summed E-state index contributed by atoms with van der Waals surface area (Å²) in [5, 5.41) is 6.85. The minimum absolute atomic E-state index is 0.627. The highest BCUT2D eigenvalue weighted by Gasteiger charge is 1.98. The third-order valence-electron chi connectivity index (χ3n) is 2.20. The van der Waals surface area contributed by atoms with Crippen LogP contribution in [0.15, 0.2) is 18.2 Å². The van der Waals surface area contributed by atoms with Crippen LogP contribution in [0, 0.1) is 6.92 Å². The van der Waals surface area contributed by atoms with Gasteiger partial charge in [-0.25, -0.2) is 4.98 Å². The van der Waals surface area contributed by atoms with Gasteiger partial charge in [0.1, 0.15) is 5.82 Å². The van der Waals surface area contributed by atoms with E-state index in [2.05, 4.69) is 34.6 Å². The zero-order valence-electron chi connectivity index (χ0n) is 10.7. The molecule has 0 spiro atoms. The number of anilines is 1. The summed E-state index contributed by atoms with van der Waals surface area (Å²) >= 11 is 5.18. The molecule has 1 heterocycles. The molecule has 0 fully saturated rings. The molecule has 0 saturated carbocycles. The van der Waals surface area contributed by atoms with Gasteiger partial charge < -0.3 is 15.5 Å². The highest BCUT2D eigenvalue weighted by molar-refractivity contribution is 7.80. The SMILES string of the molecule is Cc1cccc(NC(=S)NCCCN(C)C)n1. The second kappa shape index (κ2) is 7.19. The second-order valence-electron chi connectivity index (χ2n) is 4.20. The zero-order chi connectivity index (χ0) is 12.7. The number of aryl methyl sites for hydroxylation is 1. The van der Waals surface area contributed by atoms with Crippen LogP contribution in [0.2, 0.25) is 0 Å². The largest absolute Gasteiger partial charge is 0.362 e. The van der Waals surface area contributed by atoms with Crippen molar-refractivity contribution < 1.29 is 0 Å². The number of hydrogen-bond acceptors (Lipinski definition) is 3. The molecule has 1 aromatic rings. The van der Waals surface area contributed by atoms with E-state index in [1.807, 2.05) is 25.1 Å². The molecule has 4 nitrogen and oxygen atoms in total. The van der Waals surface area contributed by atoms with Crippen LogP contribution in [-0.4, -0.2) is 42.2 Å². The van der Waals surface area contributed by atoms with Crippen LogP contribution >= 0.6 is 12.2 Å². The van der Waals surface area contributed by atoms with E-state index in [1.165, 1.54) is 0 Å². The normalized spacial score (nSPS) is 10.4. The highest BCUT2D eigenvalue weighted by Crippen LogP contribution is 2.03. The standard InChI is InChI=1S/C12H20N4S/c1-10-6-4-7-11(14-10)15-12(17)13-8-5-9-16(2)3/h4,6-7H,5,8-9H2,1-3H3,(H2,13,14,15,17). The second-order valence-corrected chi connectivity index (χ2v) is 4.61. The van der Waals surface area contributed by atoms with Crippen molar-refractivity contribution >= 4 is 23.1 Å². The van der Waals surface area contributed by atoms with Gasteiger partial charge in [0.05, 0.1) is 0 Å². The average Bonchev–Trinajstić information content (AvgIpc) is 2.24. The van der Waals surface area contributed by atoms with Crippen LogP contribution in [0.3, 0.4) is 0 Å². The van der Waals surface area contributed by atoms with Crippen LogP contribution in [-0.2, 0) is 0 Å². The van der Waals surface area contributed by atoms with Gasteiger partial charge in [0.15, 0.2) is 5.11 Å². The van der Waals surface area contributed by atoms with Crippen molar-refractivity contribution in [3.8, 4) is 0 Å². The van der Waals surface area contributed by atoms with Crippen LogP contribution in [0.1, 0.15) is 12.1 Å². The first-order valence-electron chi connectivity index (χ1n) is 5.71. The van der Waals surface area contributed by atoms with Gasteiger partial charge >= 0.3 is 0 Å². The predicted octanol–water partition coefficient (Wildman–Crippen LogP) is 1.63. The Balaban J connectivity index is 2.25. The molecule has 17 heavy (non-hydrogen) atoms. The lowest BCUT2D eigenvalue weighted by molar-refractivity contribution is 0.400. The molecular formula is C12H20N4S. The van der Waals surface area contributed by atoms with Gasteiger partial charge in [0.2, 0.25) is 0 Å². The Labute approximate surface area is 108 Å². The summed E-state index contributed by atoms with van der Waals surface area (Å²) in [7, 11) is 4.13. The number of pyridine rings is 1. The first kappa shape index (κ1) is 13.9. The molecule has 0 radical (unpaired) electrons. The van der Waals surface area contributed by atoms with Crippen molar-refractivity contribution in [1.29, 1.82) is 0 Å². The molecule has 1 rings (SSSR count). The average molecular weight is 252 g/mol. The predicted molar refractivity (Wildman–Crippen MR) is 76.4 cm³/mol. The number of rotatable bonds is 5. The Hall–Kier alpha value is -1.20. The van der Waals surface area contributed by atoms with E-state index in [9.17, 15) is 0 Å².